The van der Waals surface area contributed by atoms with E-state index < -0.39 is 0 Å². The SMILES string of the molecule is CC(=O)O[C@H]1CCc2ccccc21. The van der Waals surface area contributed by atoms with Gasteiger partial charge in [0.05, 0.1) is 0 Å². The lowest BCUT2D eigenvalue weighted by molar-refractivity contribution is -0.146. The maximum atomic E-state index is 10.8. The van der Waals surface area contributed by atoms with Gasteiger partial charge < -0.3 is 4.74 Å². The summed E-state index contributed by atoms with van der Waals surface area (Å²) in [5.41, 5.74) is 2.49. The molecule has 68 valence electrons. The van der Waals surface area contributed by atoms with Gasteiger partial charge in [0.2, 0.25) is 0 Å². The first kappa shape index (κ1) is 8.30. The highest BCUT2D eigenvalue weighted by Gasteiger charge is 2.23. The average Bonchev–Trinajstić information content (AvgIpc) is 2.48. The number of ether oxygens (including phenoxy) is 1. The summed E-state index contributed by atoms with van der Waals surface area (Å²) >= 11 is 0. The van der Waals surface area contributed by atoms with Crippen LogP contribution >= 0.6 is 0 Å². The molecule has 1 aromatic carbocycles. The largest absolute Gasteiger partial charge is 0.458 e. The average molecular weight is 176 g/mol. The lowest BCUT2D eigenvalue weighted by Gasteiger charge is -2.10. The van der Waals surface area contributed by atoms with Gasteiger partial charge in [-0.1, -0.05) is 24.3 Å². The molecule has 0 radical (unpaired) electrons. The molecule has 2 nitrogen and oxygen atoms in total. The van der Waals surface area contributed by atoms with Gasteiger partial charge in [-0.2, -0.15) is 0 Å². The molecule has 0 aromatic heterocycles. The Morgan fingerprint density at radius 3 is 3.00 bits per heavy atom. The first-order chi connectivity index (χ1) is 6.27. The molecule has 1 aromatic rings. The van der Waals surface area contributed by atoms with Crippen LogP contribution in [-0.2, 0) is 16.0 Å². The Labute approximate surface area is 77.5 Å². The van der Waals surface area contributed by atoms with Gasteiger partial charge in [0, 0.05) is 6.92 Å². The van der Waals surface area contributed by atoms with Crippen LogP contribution in [0.4, 0.5) is 0 Å². The first-order valence-electron chi connectivity index (χ1n) is 4.52. The van der Waals surface area contributed by atoms with E-state index in [1.165, 1.54) is 18.1 Å². The molecule has 1 atom stereocenters. The summed E-state index contributed by atoms with van der Waals surface area (Å²) in [7, 11) is 0. The van der Waals surface area contributed by atoms with Gasteiger partial charge in [-0.25, -0.2) is 0 Å². The molecule has 0 bridgehead atoms. The number of esters is 1. The van der Waals surface area contributed by atoms with Crippen molar-refractivity contribution >= 4 is 5.97 Å². The van der Waals surface area contributed by atoms with Crippen LogP contribution in [-0.4, -0.2) is 5.97 Å². The number of hydrogen-bond donors (Lipinski definition) is 0. The summed E-state index contributed by atoms with van der Waals surface area (Å²) in [5.74, 6) is -0.193. The number of rotatable bonds is 1. The van der Waals surface area contributed by atoms with Crippen molar-refractivity contribution < 1.29 is 9.53 Å². The second-order valence-electron chi connectivity index (χ2n) is 3.34. The fourth-order valence-corrected chi connectivity index (χ4v) is 1.84. The quantitative estimate of drug-likeness (QED) is 0.613. The van der Waals surface area contributed by atoms with Crippen LogP contribution in [0, 0.1) is 0 Å². The molecule has 1 aliphatic rings. The molecule has 0 N–H and O–H groups in total. The second kappa shape index (κ2) is 3.21. The molecule has 0 unspecified atom stereocenters. The molecule has 2 rings (SSSR count). The van der Waals surface area contributed by atoms with Crippen LogP contribution in [0.2, 0.25) is 0 Å². The summed E-state index contributed by atoms with van der Waals surface area (Å²) in [6, 6.07) is 8.14. The zero-order valence-electron chi connectivity index (χ0n) is 7.62. The standard InChI is InChI=1S/C11H12O2/c1-8(12)13-11-7-6-9-4-2-3-5-10(9)11/h2-5,11H,6-7H2,1H3/t11-/m0/s1. The van der Waals surface area contributed by atoms with E-state index in [1.807, 2.05) is 18.2 Å². The van der Waals surface area contributed by atoms with Crippen LogP contribution in [0.25, 0.3) is 0 Å². The number of benzene rings is 1. The van der Waals surface area contributed by atoms with E-state index in [-0.39, 0.29) is 12.1 Å². The third-order valence-corrected chi connectivity index (χ3v) is 2.39. The Hall–Kier alpha value is -1.31. The number of fused-ring (bicyclic) bond motifs is 1. The fraction of sp³-hybridized carbons (Fsp3) is 0.364. The predicted octanol–water partition coefficient (Wildman–Crippen LogP) is 2.24. The van der Waals surface area contributed by atoms with Crippen molar-refractivity contribution in [3.8, 4) is 0 Å². The number of hydrogen-bond acceptors (Lipinski definition) is 2. The van der Waals surface area contributed by atoms with Crippen molar-refractivity contribution in [3.05, 3.63) is 35.4 Å². The predicted molar refractivity (Wildman–Crippen MR) is 49.3 cm³/mol. The monoisotopic (exact) mass is 176 g/mol. The van der Waals surface area contributed by atoms with Crippen LogP contribution in [0.5, 0.6) is 0 Å². The van der Waals surface area contributed by atoms with Crippen molar-refractivity contribution in [2.45, 2.75) is 25.9 Å². The molecular formula is C11H12O2. The zero-order chi connectivity index (χ0) is 9.26. The molecule has 0 amide bonds. The van der Waals surface area contributed by atoms with Crippen molar-refractivity contribution in [2.24, 2.45) is 0 Å². The Bertz CT molecular complexity index is 331. The summed E-state index contributed by atoms with van der Waals surface area (Å²) < 4.78 is 5.20. The highest BCUT2D eigenvalue weighted by Crippen LogP contribution is 2.33. The Kier molecular flexibility index (Phi) is 2.05. The summed E-state index contributed by atoms with van der Waals surface area (Å²) in [6.07, 6.45) is 1.95. The molecule has 13 heavy (non-hydrogen) atoms. The van der Waals surface area contributed by atoms with E-state index in [0.29, 0.717) is 0 Å². The van der Waals surface area contributed by atoms with Gasteiger partial charge in [0.15, 0.2) is 0 Å². The van der Waals surface area contributed by atoms with E-state index in [9.17, 15) is 4.79 Å². The normalized spacial score (nSPS) is 19.6. The number of carbonyl (C=O) groups excluding carboxylic acids is 1. The summed E-state index contributed by atoms with van der Waals surface area (Å²) in [5, 5.41) is 0. The molecular weight excluding hydrogens is 164 g/mol. The van der Waals surface area contributed by atoms with Gasteiger partial charge in [0.1, 0.15) is 6.10 Å². The van der Waals surface area contributed by atoms with Gasteiger partial charge in [-0.15, -0.1) is 0 Å². The van der Waals surface area contributed by atoms with E-state index in [4.69, 9.17) is 4.74 Å². The smallest absolute Gasteiger partial charge is 0.303 e. The van der Waals surface area contributed by atoms with Crippen molar-refractivity contribution in [3.63, 3.8) is 0 Å². The fourth-order valence-electron chi connectivity index (χ4n) is 1.84. The van der Waals surface area contributed by atoms with Crippen LogP contribution in [0.1, 0.15) is 30.6 Å². The highest BCUT2D eigenvalue weighted by atomic mass is 16.5. The first-order valence-corrected chi connectivity index (χ1v) is 4.52. The van der Waals surface area contributed by atoms with Crippen LogP contribution < -0.4 is 0 Å². The van der Waals surface area contributed by atoms with Crippen molar-refractivity contribution in [2.75, 3.05) is 0 Å². The summed E-state index contributed by atoms with van der Waals surface area (Å²) in [6.45, 7) is 1.46. The lowest BCUT2D eigenvalue weighted by Crippen LogP contribution is -2.04. The summed E-state index contributed by atoms with van der Waals surface area (Å²) in [4.78, 5) is 10.8. The van der Waals surface area contributed by atoms with Crippen LogP contribution in [0.15, 0.2) is 24.3 Å². The lowest BCUT2D eigenvalue weighted by atomic mass is 10.1. The highest BCUT2D eigenvalue weighted by molar-refractivity contribution is 5.66. The third kappa shape index (κ3) is 1.57. The maximum Gasteiger partial charge on any atom is 0.303 e. The minimum atomic E-state index is -0.193. The van der Waals surface area contributed by atoms with Gasteiger partial charge in [0.25, 0.3) is 0 Å². The minimum Gasteiger partial charge on any atom is -0.458 e. The topological polar surface area (TPSA) is 26.3 Å². The van der Waals surface area contributed by atoms with Gasteiger partial charge >= 0.3 is 5.97 Å². The van der Waals surface area contributed by atoms with Crippen LogP contribution in [0.3, 0.4) is 0 Å². The molecule has 0 heterocycles. The number of carbonyl (C=O) groups is 1. The van der Waals surface area contributed by atoms with E-state index >= 15 is 0 Å². The Balaban J connectivity index is 2.23. The Morgan fingerprint density at radius 2 is 2.23 bits per heavy atom. The molecule has 1 aliphatic carbocycles. The zero-order valence-corrected chi connectivity index (χ0v) is 7.62. The minimum absolute atomic E-state index is 0.00583. The molecule has 0 saturated heterocycles. The van der Waals surface area contributed by atoms with E-state index in [0.717, 1.165) is 12.8 Å². The third-order valence-electron chi connectivity index (χ3n) is 2.39. The molecule has 0 fully saturated rings. The van der Waals surface area contributed by atoms with E-state index in [2.05, 4.69) is 6.07 Å². The molecule has 0 spiro atoms. The number of aryl methyl sites for hydroxylation is 1. The van der Waals surface area contributed by atoms with Crippen molar-refractivity contribution in [1.29, 1.82) is 0 Å². The second-order valence-corrected chi connectivity index (χ2v) is 3.34. The van der Waals surface area contributed by atoms with Gasteiger partial charge in [-0.05, 0) is 24.0 Å². The van der Waals surface area contributed by atoms with E-state index in [1.54, 1.807) is 0 Å². The maximum absolute atomic E-state index is 10.8. The molecule has 0 saturated carbocycles. The molecule has 0 aliphatic heterocycles. The Morgan fingerprint density at radius 1 is 1.46 bits per heavy atom. The van der Waals surface area contributed by atoms with Crippen molar-refractivity contribution in [1.82, 2.24) is 0 Å². The van der Waals surface area contributed by atoms with Gasteiger partial charge in [-0.3, -0.25) is 4.79 Å². The molecule has 2 heteroatoms.